The Morgan fingerprint density at radius 3 is 2.86 bits per heavy atom. The van der Waals surface area contributed by atoms with E-state index in [1.165, 1.54) is 11.9 Å². The Morgan fingerprint density at radius 2 is 2.10 bits per heavy atom. The van der Waals surface area contributed by atoms with E-state index < -0.39 is 0 Å². The lowest BCUT2D eigenvalue weighted by Crippen LogP contribution is -2.14. The Balaban J connectivity index is 2.11. The Hall–Kier alpha value is -2.28. The molecule has 0 radical (unpaired) electrons. The molecule has 3 N–H and O–H groups in total. The zero-order chi connectivity index (χ0) is 15.0. The van der Waals surface area contributed by atoms with E-state index in [0.717, 1.165) is 29.1 Å². The zero-order valence-corrected chi connectivity index (χ0v) is 12.5. The predicted octanol–water partition coefficient (Wildman–Crippen LogP) is 1.29. The second kappa shape index (κ2) is 5.25. The number of nitrogens with zero attached hydrogens (tertiary/aromatic N) is 5. The quantitative estimate of drug-likeness (QED) is 0.752. The Kier molecular flexibility index (Phi) is 3.42. The number of aromatic amines is 1. The lowest BCUT2D eigenvalue weighted by molar-refractivity contribution is 0.589. The van der Waals surface area contributed by atoms with Gasteiger partial charge >= 0.3 is 0 Å². The Bertz CT molecular complexity index is 771. The second-order valence-electron chi connectivity index (χ2n) is 5.40. The number of H-pyrrole nitrogens is 1. The topological polar surface area (TPSA) is 98.3 Å². The van der Waals surface area contributed by atoms with E-state index in [2.05, 4.69) is 38.9 Å². The van der Waals surface area contributed by atoms with Gasteiger partial charge in [0.15, 0.2) is 11.5 Å². The minimum atomic E-state index is 0.428. The third kappa shape index (κ3) is 2.29. The van der Waals surface area contributed by atoms with Gasteiger partial charge < -0.3 is 10.7 Å². The van der Waals surface area contributed by atoms with Gasteiger partial charge in [0, 0.05) is 5.69 Å². The number of aromatic nitrogens is 6. The van der Waals surface area contributed by atoms with Crippen molar-refractivity contribution in [2.24, 2.45) is 11.7 Å². The molecule has 0 bridgehead atoms. The van der Waals surface area contributed by atoms with Crippen molar-refractivity contribution in [1.82, 2.24) is 29.7 Å². The largest absolute Gasteiger partial charge is 0.340 e. The summed E-state index contributed by atoms with van der Waals surface area (Å²) in [5, 5.41) is 4.64. The van der Waals surface area contributed by atoms with Gasteiger partial charge in [-0.2, -0.15) is 5.10 Å². The van der Waals surface area contributed by atoms with Crippen molar-refractivity contribution < 1.29 is 0 Å². The lowest BCUT2D eigenvalue weighted by atomic mass is 10.00. The monoisotopic (exact) mass is 285 g/mol. The lowest BCUT2D eigenvalue weighted by Gasteiger charge is -2.09. The minimum absolute atomic E-state index is 0.428. The molecule has 0 aliphatic heterocycles. The van der Waals surface area contributed by atoms with Gasteiger partial charge in [-0.3, -0.25) is 0 Å². The summed E-state index contributed by atoms with van der Waals surface area (Å²) < 4.78 is 1.86. The standard InChI is InChI=1S/C14H19N7/c1-8(5-15)4-11-9(2)20-21(10(11)3)14-12-13(17-6-16-12)18-7-19-14/h6-8H,4-5,15H2,1-3H3,(H,16,17,18,19). The van der Waals surface area contributed by atoms with Crippen molar-refractivity contribution in [2.45, 2.75) is 27.2 Å². The maximum atomic E-state index is 5.74. The van der Waals surface area contributed by atoms with Crippen molar-refractivity contribution in [3.8, 4) is 5.82 Å². The summed E-state index contributed by atoms with van der Waals surface area (Å²) in [5.74, 6) is 1.15. The van der Waals surface area contributed by atoms with Crippen molar-refractivity contribution in [2.75, 3.05) is 6.54 Å². The molecular formula is C14H19N7. The molecule has 0 aliphatic carbocycles. The molecule has 7 nitrogen and oxygen atoms in total. The zero-order valence-electron chi connectivity index (χ0n) is 12.5. The van der Waals surface area contributed by atoms with E-state index in [1.807, 2.05) is 11.6 Å². The summed E-state index contributed by atoms with van der Waals surface area (Å²) in [6, 6.07) is 0. The van der Waals surface area contributed by atoms with Crippen LogP contribution in [0.3, 0.4) is 0 Å². The van der Waals surface area contributed by atoms with Crippen LogP contribution in [0.4, 0.5) is 0 Å². The van der Waals surface area contributed by atoms with E-state index in [-0.39, 0.29) is 0 Å². The van der Waals surface area contributed by atoms with Crippen LogP contribution in [0.2, 0.25) is 0 Å². The molecule has 1 unspecified atom stereocenters. The number of nitrogens with one attached hydrogen (secondary N) is 1. The molecule has 0 saturated carbocycles. The molecule has 0 aromatic carbocycles. The maximum absolute atomic E-state index is 5.74. The van der Waals surface area contributed by atoms with Crippen molar-refractivity contribution in [1.29, 1.82) is 0 Å². The molecule has 0 amide bonds. The molecule has 0 fully saturated rings. The highest BCUT2D eigenvalue weighted by Gasteiger charge is 2.17. The van der Waals surface area contributed by atoms with Crippen LogP contribution in [0.25, 0.3) is 17.0 Å². The molecule has 21 heavy (non-hydrogen) atoms. The fourth-order valence-corrected chi connectivity index (χ4v) is 2.52. The van der Waals surface area contributed by atoms with Gasteiger partial charge in [0.25, 0.3) is 0 Å². The molecule has 7 heteroatoms. The Labute approximate surface area is 122 Å². The van der Waals surface area contributed by atoms with Gasteiger partial charge in [-0.25, -0.2) is 19.6 Å². The number of hydrogen-bond donors (Lipinski definition) is 2. The van der Waals surface area contributed by atoms with Crippen LogP contribution in [-0.2, 0) is 6.42 Å². The third-order valence-corrected chi connectivity index (χ3v) is 3.80. The molecular weight excluding hydrogens is 266 g/mol. The van der Waals surface area contributed by atoms with Gasteiger partial charge in [0.1, 0.15) is 11.8 Å². The molecule has 3 aromatic rings. The maximum Gasteiger partial charge on any atom is 0.182 e. The number of rotatable bonds is 4. The summed E-state index contributed by atoms with van der Waals surface area (Å²) >= 11 is 0. The fourth-order valence-electron chi connectivity index (χ4n) is 2.52. The van der Waals surface area contributed by atoms with E-state index in [4.69, 9.17) is 5.73 Å². The average Bonchev–Trinajstić information content (AvgIpc) is 3.06. The highest BCUT2D eigenvalue weighted by Crippen LogP contribution is 2.22. The molecule has 0 spiro atoms. The number of aryl methyl sites for hydroxylation is 1. The normalized spacial score (nSPS) is 13.0. The summed E-state index contributed by atoms with van der Waals surface area (Å²) in [5.41, 5.74) is 10.5. The highest BCUT2D eigenvalue weighted by molar-refractivity contribution is 5.77. The number of imidazole rings is 1. The summed E-state index contributed by atoms with van der Waals surface area (Å²) in [6.45, 7) is 6.90. The van der Waals surface area contributed by atoms with Gasteiger partial charge in [-0.1, -0.05) is 6.92 Å². The van der Waals surface area contributed by atoms with E-state index in [0.29, 0.717) is 18.1 Å². The van der Waals surface area contributed by atoms with E-state index in [9.17, 15) is 0 Å². The summed E-state index contributed by atoms with van der Waals surface area (Å²) in [6.07, 6.45) is 4.05. The van der Waals surface area contributed by atoms with Gasteiger partial charge in [-0.15, -0.1) is 0 Å². The van der Waals surface area contributed by atoms with Crippen LogP contribution in [-0.4, -0.2) is 36.3 Å². The highest BCUT2D eigenvalue weighted by atomic mass is 15.3. The predicted molar refractivity (Wildman–Crippen MR) is 80.2 cm³/mol. The smallest absolute Gasteiger partial charge is 0.182 e. The minimum Gasteiger partial charge on any atom is -0.340 e. The molecule has 1 atom stereocenters. The SMILES string of the molecule is Cc1nn(-c2ncnc3nc[nH]c23)c(C)c1CC(C)CN. The van der Waals surface area contributed by atoms with Gasteiger partial charge in [0.05, 0.1) is 12.0 Å². The van der Waals surface area contributed by atoms with E-state index in [1.54, 1.807) is 6.33 Å². The molecule has 110 valence electrons. The summed E-state index contributed by atoms with van der Waals surface area (Å²) in [4.78, 5) is 15.7. The van der Waals surface area contributed by atoms with Crippen LogP contribution in [0, 0.1) is 19.8 Å². The first-order valence-corrected chi connectivity index (χ1v) is 7.01. The summed E-state index contributed by atoms with van der Waals surface area (Å²) in [7, 11) is 0. The average molecular weight is 285 g/mol. The first kappa shape index (κ1) is 13.7. The van der Waals surface area contributed by atoms with Crippen LogP contribution in [0.5, 0.6) is 0 Å². The Morgan fingerprint density at radius 1 is 1.29 bits per heavy atom. The van der Waals surface area contributed by atoms with Crippen molar-refractivity contribution in [3.63, 3.8) is 0 Å². The molecule has 0 saturated heterocycles. The fraction of sp³-hybridized carbons (Fsp3) is 0.429. The molecule has 3 rings (SSSR count). The van der Waals surface area contributed by atoms with Crippen LogP contribution in [0.1, 0.15) is 23.9 Å². The number of fused-ring (bicyclic) bond motifs is 1. The molecule has 0 aliphatic rings. The van der Waals surface area contributed by atoms with Gasteiger partial charge in [-0.05, 0) is 38.3 Å². The van der Waals surface area contributed by atoms with Crippen molar-refractivity contribution in [3.05, 3.63) is 29.6 Å². The second-order valence-corrected chi connectivity index (χ2v) is 5.40. The van der Waals surface area contributed by atoms with Crippen LogP contribution in [0.15, 0.2) is 12.7 Å². The van der Waals surface area contributed by atoms with Crippen LogP contribution >= 0.6 is 0 Å². The number of nitrogens with two attached hydrogens (primary N) is 1. The molecule has 3 heterocycles. The van der Waals surface area contributed by atoms with Crippen molar-refractivity contribution >= 4 is 11.2 Å². The van der Waals surface area contributed by atoms with E-state index >= 15 is 0 Å². The third-order valence-electron chi connectivity index (χ3n) is 3.80. The number of hydrogen-bond acceptors (Lipinski definition) is 5. The van der Waals surface area contributed by atoms with Gasteiger partial charge in [0.2, 0.25) is 0 Å². The first-order valence-electron chi connectivity index (χ1n) is 7.01. The van der Waals surface area contributed by atoms with Crippen LogP contribution < -0.4 is 5.73 Å². The molecule has 3 aromatic heterocycles. The first-order chi connectivity index (χ1) is 10.1.